The minimum Gasteiger partial charge on any atom is -0.504 e. The number of benzene rings is 1. The summed E-state index contributed by atoms with van der Waals surface area (Å²) in [5.74, 6) is -0.0289. The zero-order valence-electron chi connectivity index (χ0n) is 10.2. The number of hydrogen-bond acceptors (Lipinski definition) is 3. The lowest BCUT2D eigenvalue weighted by atomic mass is 9.97. The molecule has 0 aliphatic rings. The van der Waals surface area contributed by atoms with E-state index in [0.29, 0.717) is 17.9 Å². The number of phenols is 1. The fourth-order valence-electron chi connectivity index (χ4n) is 1.67. The number of methoxy groups -OCH3 is 1. The summed E-state index contributed by atoms with van der Waals surface area (Å²) in [4.78, 5) is 0. The van der Waals surface area contributed by atoms with Crippen LogP contribution in [0.3, 0.4) is 0 Å². The van der Waals surface area contributed by atoms with E-state index in [4.69, 9.17) is 10.5 Å². The summed E-state index contributed by atoms with van der Waals surface area (Å²) < 4.78 is 18.1. The number of halogens is 2. The highest BCUT2D eigenvalue weighted by Gasteiger charge is 2.17. The number of ether oxygens (including phenoxy) is 1. The standard InChI is InChI=1S/C12H18FNO2.ClH/c1-7(2)4-10(14)9-5-8(13)6-11(16-3)12(9)15;/h5-7,10,15H,4,14H2,1-3H3;1H/t10-;/m0./s1. The third-order valence-electron chi connectivity index (χ3n) is 2.41. The van der Waals surface area contributed by atoms with E-state index in [1.807, 2.05) is 13.8 Å². The van der Waals surface area contributed by atoms with Gasteiger partial charge in [-0.3, -0.25) is 0 Å². The second kappa shape index (κ2) is 6.67. The minimum absolute atomic E-state index is 0. The van der Waals surface area contributed by atoms with E-state index in [1.54, 1.807) is 0 Å². The molecule has 1 atom stereocenters. The monoisotopic (exact) mass is 263 g/mol. The van der Waals surface area contributed by atoms with Crippen LogP contribution in [0.4, 0.5) is 4.39 Å². The molecule has 0 bridgehead atoms. The molecule has 1 aromatic carbocycles. The molecular weight excluding hydrogens is 245 g/mol. The van der Waals surface area contributed by atoms with Gasteiger partial charge >= 0.3 is 0 Å². The van der Waals surface area contributed by atoms with E-state index < -0.39 is 5.82 Å². The summed E-state index contributed by atoms with van der Waals surface area (Å²) >= 11 is 0. The lowest BCUT2D eigenvalue weighted by molar-refractivity contribution is 0.362. The van der Waals surface area contributed by atoms with Gasteiger partial charge in [0.15, 0.2) is 11.5 Å². The van der Waals surface area contributed by atoms with E-state index in [2.05, 4.69) is 0 Å². The van der Waals surface area contributed by atoms with Crippen LogP contribution in [0.1, 0.15) is 31.9 Å². The second-order valence-electron chi connectivity index (χ2n) is 4.28. The molecule has 0 amide bonds. The van der Waals surface area contributed by atoms with Gasteiger partial charge in [0.25, 0.3) is 0 Å². The van der Waals surface area contributed by atoms with Gasteiger partial charge < -0.3 is 15.6 Å². The molecule has 0 aliphatic carbocycles. The zero-order chi connectivity index (χ0) is 12.3. The van der Waals surface area contributed by atoms with Crippen LogP contribution in [0.2, 0.25) is 0 Å². The van der Waals surface area contributed by atoms with Gasteiger partial charge in [0.05, 0.1) is 7.11 Å². The highest BCUT2D eigenvalue weighted by atomic mass is 35.5. The summed E-state index contributed by atoms with van der Waals surface area (Å²) in [6.45, 7) is 4.04. The van der Waals surface area contributed by atoms with Crippen LogP contribution in [0, 0.1) is 11.7 Å². The van der Waals surface area contributed by atoms with Crippen molar-refractivity contribution in [1.82, 2.24) is 0 Å². The number of hydrogen-bond donors (Lipinski definition) is 2. The van der Waals surface area contributed by atoms with Crippen molar-refractivity contribution in [3.8, 4) is 11.5 Å². The molecule has 98 valence electrons. The molecule has 0 unspecified atom stereocenters. The van der Waals surface area contributed by atoms with Gasteiger partial charge in [-0.25, -0.2) is 4.39 Å². The van der Waals surface area contributed by atoms with Gasteiger partial charge in [-0.1, -0.05) is 13.8 Å². The van der Waals surface area contributed by atoms with Crippen molar-refractivity contribution in [3.05, 3.63) is 23.5 Å². The predicted molar refractivity (Wildman–Crippen MR) is 68.2 cm³/mol. The van der Waals surface area contributed by atoms with Crippen LogP contribution in [-0.2, 0) is 0 Å². The Hall–Kier alpha value is -1.00. The minimum atomic E-state index is -0.455. The first-order valence-electron chi connectivity index (χ1n) is 5.27. The fraction of sp³-hybridized carbons (Fsp3) is 0.500. The van der Waals surface area contributed by atoms with Crippen LogP contribution < -0.4 is 10.5 Å². The molecular formula is C12H19ClFNO2. The number of nitrogens with two attached hydrogens (primary N) is 1. The van der Waals surface area contributed by atoms with Gasteiger partial charge in [0.1, 0.15) is 5.82 Å². The fourth-order valence-corrected chi connectivity index (χ4v) is 1.67. The van der Waals surface area contributed by atoms with E-state index in [-0.39, 0.29) is 29.9 Å². The molecule has 0 aromatic heterocycles. The predicted octanol–water partition coefficient (Wildman–Crippen LogP) is 3.01. The van der Waals surface area contributed by atoms with Gasteiger partial charge in [-0.2, -0.15) is 0 Å². The smallest absolute Gasteiger partial charge is 0.163 e. The van der Waals surface area contributed by atoms with Gasteiger partial charge in [-0.15, -0.1) is 12.4 Å². The number of rotatable bonds is 4. The van der Waals surface area contributed by atoms with Crippen molar-refractivity contribution in [2.45, 2.75) is 26.3 Å². The van der Waals surface area contributed by atoms with Crippen LogP contribution in [0.5, 0.6) is 11.5 Å². The first-order chi connectivity index (χ1) is 7.45. The largest absolute Gasteiger partial charge is 0.504 e. The molecule has 0 heterocycles. The Labute approximate surface area is 107 Å². The zero-order valence-corrected chi connectivity index (χ0v) is 11.1. The van der Waals surface area contributed by atoms with E-state index in [0.717, 1.165) is 6.07 Å². The molecule has 17 heavy (non-hydrogen) atoms. The average Bonchev–Trinajstić information content (AvgIpc) is 2.19. The second-order valence-corrected chi connectivity index (χ2v) is 4.28. The Kier molecular flexibility index (Phi) is 6.27. The lowest BCUT2D eigenvalue weighted by Crippen LogP contribution is -2.13. The summed E-state index contributed by atoms with van der Waals surface area (Å²) in [5, 5.41) is 9.82. The van der Waals surface area contributed by atoms with Crippen LogP contribution in [0.25, 0.3) is 0 Å². The normalized spacial score (nSPS) is 12.1. The number of aromatic hydroxyl groups is 1. The van der Waals surface area contributed by atoms with Gasteiger partial charge in [0, 0.05) is 17.7 Å². The summed E-state index contributed by atoms with van der Waals surface area (Å²) in [5.41, 5.74) is 6.30. The molecule has 3 nitrogen and oxygen atoms in total. The Balaban J connectivity index is 0.00000256. The molecule has 0 saturated carbocycles. The van der Waals surface area contributed by atoms with E-state index in [9.17, 15) is 9.50 Å². The first kappa shape index (κ1) is 16.0. The molecule has 1 aromatic rings. The summed E-state index contributed by atoms with van der Waals surface area (Å²) in [6, 6.07) is 2.01. The van der Waals surface area contributed by atoms with Crippen molar-refractivity contribution >= 4 is 12.4 Å². The highest BCUT2D eigenvalue weighted by molar-refractivity contribution is 5.85. The maximum Gasteiger partial charge on any atom is 0.163 e. The van der Waals surface area contributed by atoms with Crippen LogP contribution in [-0.4, -0.2) is 12.2 Å². The van der Waals surface area contributed by atoms with Gasteiger partial charge in [0.2, 0.25) is 0 Å². The van der Waals surface area contributed by atoms with Crippen molar-refractivity contribution in [2.24, 2.45) is 11.7 Å². The molecule has 0 saturated heterocycles. The van der Waals surface area contributed by atoms with Crippen molar-refractivity contribution in [1.29, 1.82) is 0 Å². The molecule has 5 heteroatoms. The summed E-state index contributed by atoms with van der Waals surface area (Å²) in [7, 11) is 1.38. The van der Waals surface area contributed by atoms with E-state index in [1.165, 1.54) is 13.2 Å². The van der Waals surface area contributed by atoms with Crippen molar-refractivity contribution in [2.75, 3.05) is 7.11 Å². The van der Waals surface area contributed by atoms with Crippen LogP contribution >= 0.6 is 12.4 Å². The van der Waals surface area contributed by atoms with E-state index >= 15 is 0 Å². The van der Waals surface area contributed by atoms with Gasteiger partial charge in [-0.05, 0) is 18.4 Å². The molecule has 0 spiro atoms. The summed E-state index contributed by atoms with van der Waals surface area (Å²) in [6.07, 6.45) is 0.681. The first-order valence-corrected chi connectivity index (χ1v) is 5.27. The highest BCUT2D eigenvalue weighted by Crippen LogP contribution is 2.35. The van der Waals surface area contributed by atoms with Crippen molar-refractivity contribution < 1.29 is 14.2 Å². The SMILES string of the molecule is COc1cc(F)cc([C@@H](N)CC(C)C)c1O.Cl. The van der Waals surface area contributed by atoms with Crippen molar-refractivity contribution in [3.63, 3.8) is 0 Å². The molecule has 3 N–H and O–H groups in total. The number of phenolic OH excluding ortho intramolecular Hbond substituents is 1. The topological polar surface area (TPSA) is 55.5 Å². The Morgan fingerprint density at radius 2 is 2.00 bits per heavy atom. The third-order valence-corrected chi connectivity index (χ3v) is 2.41. The Morgan fingerprint density at radius 1 is 1.41 bits per heavy atom. The maximum absolute atomic E-state index is 13.2. The Bertz CT molecular complexity index is 372. The lowest BCUT2D eigenvalue weighted by Gasteiger charge is -2.17. The average molecular weight is 264 g/mol. The third kappa shape index (κ3) is 4.06. The molecule has 0 fully saturated rings. The molecule has 1 rings (SSSR count). The quantitative estimate of drug-likeness (QED) is 0.878. The maximum atomic E-state index is 13.2. The Morgan fingerprint density at radius 3 is 2.47 bits per heavy atom. The van der Waals surface area contributed by atoms with Crippen LogP contribution in [0.15, 0.2) is 12.1 Å². The molecule has 0 aliphatic heterocycles. The molecule has 0 radical (unpaired) electrons.